The van der Waals surface area contributed by atoms with E-state index in [0.717, 1.165) is 38.8 Å². The fraction of sp³-hybridized carbons (Fsp3) is 0.278. The van der Waals surface area contributed by atoms with E-state index in [0.29, 0.717) is 6.54 Å². The molecule has 3 aromatic rings. The average molecular weight is 295 g/mol. The Labute approximate surface area is 128 Å². The lowest BCUT2D eigenvalue weighted by Gasteiger charge is -2.16. The summed E-state index contributed by atoms with van der Waals surface area (Å²) >= 11 is 0. The van der Waals surface area contributed by atoms with Gasteiger partial charge in [-0.15, -0.1) is 0 Å². The van der Waals surface area contributed by atoms with Crippen LogP contribution in [0.3, 0.4) is 0 Å². The van der Waals surface area contributed by atoms with Crippen LogP contribution in [-0.4, -0.2) is 9.97 Å². The molecule has 22 heavy (non-hydrogen) atoms. The molecule has 0 saturated carbocycles. The number of halogens is 1. The van der Waals surface area contributed by atoms with Gasteiger partial charge in [0.1, 0.15) is 11.6 Å². The zero-order valence-electron chi connectivity index (χ0n) is 12.9. The Kier molecular flexibility index (Phi) is 2.61. The zero-order valence-corrected chi connectivity index (χ0v) is 12.9. The van der Waals surface area contributed by atoms with Crippen LogP contribution in [0.1, 0.15) is 37.7 Å². The second-order valence-corrected chi connectivity index (χ2v) is 6.86. The third kappa shape index (κ3) is 1.83. The van der Waals surface area contributed by atoms with Crippen LogP contribution in [0.4, 0.5) is 4.39 Å². The molecule has 4 heteroatoms. The van der Waals surface area contributed by atoms with E-state index in [4.69, 9.17) is 4.98 Å². The van der Waals surface area contributed by atoms with Crippen molar-refractivity contribution >= 4 is 27.9 Å². The molecule has 0 saturated heterocycles. The molecule has 1 aliphatic heterocycles. The third-order valence-electron chi connectivity index (χ3n) is 4.22. The Morgan fingerprint density at radius 1 is 1.18 bits per heavy atom. The fourth-order valence-corrected chi connectivity index (χ4v) is 3.06. The predicted molar refractivity (Wildman–Crippen MR) is 88.1 cm³/mol. The Balaban J connectivity index is 2.20. The van der Waals surface area contributed by atoms with Gasteiger partial charge in [0.05, 0.1) is 11.0 Å². The van der Waals surface area contributed by atoms with Crippen LogP contribution >= 0.6 is 0 Å². The highest BCUT2D eigenvalue weighted by Crippen LogP contribution is 2.35. The molecule has 2 aromatic carbocycles. The molecule has 1 aromatic heterocycles. The maximum Gasteiger partial charge on any atom is 0.123 e. The van der Waals surface area contributed by atoms with Gasteiger partial charge in [-0.25, -0.2) is 9.37 Å². The molecule has 4 rings (SSSR count). The SMILES string of the molecule is CC(C)(C)c1nc2c([nH]1)c1c(c3cc(F)ccc32)CNC=C1. The molecule has 112 valence electrons. The number of hydrogen-bond donors (Lipinski definition) is 2. The molecule has 2 heterocycles. The lowest BCUT2D eigenvalue weighted by atomic mass is 9.95. The number of nitrogens with one attached hydrogen (secondary N) is 2. The molecular weight excluding hydrogens is 277 g/mol. The molecule has 0 radical (unpaired) electrons. The van der Waals surface area contributed by atoms with Gasteiger partial charge in [0.2, 0.25) is 0 Å². The second-order valence-electron chi connectivity index (χ2n) is 6.86. The highest BCUT2D eigenvalue weighted by molar-refractivity contribution is 6.10. The first kappa shape index (κ1) is 13.3. The summed E-state index contributed by atoms with van der Waals surface area (Å²) in [5.41, 5.74) is 4.12. The van der Waals surface area contributed by atoms with Gasteiger partial charge in [0.15, 0.2) is 0 Å². The Morgan fingerprint density at radius 3 is 2.77 bits per heavy atom. The van der Waals surface area contributed by atoms with Crippen molar-refractivity contribution in [3.63, 3.8) is 0 Å². The lowest BCUT2D eigenvalue weighted by Crippen LogP contribution is -2.13. The van der Waals surface area contributed by atoms with Crippen molar-refractivity contribution in [2.75, 3.05) is 0 Å². The van der Waals surface area contributed by atoms with Crippen molar-refractivity contribution in [3.05, 3.63) is 47.2 Å². The maximum atomic E-state index is 13.7. The minimum atomic E-state index is -0.213. The van der Waals surface area contributed by atoms with Crippen molar-refractivity contribution in [2.24, 2.45) is 0 Å². The first-order chi connectivity index (χ1) is 10.4. The van der Waals surface area contributed by atoms with Crippen molar-refractivity contribution in [1.82, 2.24) is 15.3 Å². The monoisotopic (exact) mass is 295 g/mol. The fourth-order valence-electron chi connectivity index (χ4n) is 3.06. The van der Waals surface area contributed by atoms with E-state index in [-0.39, 0.29) is 11.2 Å². The molecule has 0 bridgehead atoms. The average Bonchev–Trinajstić information content (AvgIpc) is 2.93. The molecule has 0 amide bonds. The van der Waals surface area contributed by atoms with Crippen LogP contribution in [-0.2, 0) is 12.0 Å². The number of hydrogen-bond acceptors (Lipinski definition) is 2. The standard InChI is InChI=1S/C18H18FN3/c1-18(2,3)17-21-15-11-5-4-10(19)8-13(11)14-9-20-7-6-12(14)16(15)22-17/h4-8,20H,9H2,1-3H3,(H,21,22). The van der Waals surface area contributed by atoms with E-state index in [1.165, 1.54) is 6.07 Å². The summed E-state index contributed by atoms with van der Waals surface area (Å²) in [5.74, 6) is 0.739. The molecule has 0 spiro atoms. The Hall–Kier alpha value is -2.36. The van der Waals surface area contributed by atoms with E-state index in [1.807, 2.05) is 18.3 Å². The molecule has 0 aliphatic carbocycles. The molecular formula is C18H18FN3. The number of fused-ring (bicyclic) bond motifs is 6. The Bertz CT molecular complexity index is 929. The van der Waals surface area contributed by atoms with Crippen molar-refractivity contribution in [3.8, 4) is 0 Å². The van der Waals surface area contributed by atoms with E-state index in [1.54, 1.807) is 6.07 Å². The van der Waals surface area contributed by atoms with Crippen LogP contribution in [0.25, 0.3) is 27.9 Å². The first-order valence-electron chi connectivity index (χ1n) is 7.49. The van der Waals surface area contributed by atoms with E-state index in [2.05, 4.69) is 31.1 Å². The second kappa shape index (κ2) is 4.32. The van der Waals surface area contributed by atoms with E-state index in [9.17, 15) is 4.39 Å². The van der Waals surface area contributed by atoms with Gasteiger partial charge in [-0.05, 0) is 41.4 Å². The normalized spacial score (nSPS) is 14.4. The summed E-state index contributed by atoms with van der Waals surface area (Å²) in [5, 5.41) is 5.15. The summed E-state index contributed by atoms with van der Waals surface area (Å²) in [6.07, 6.45) is 3.97. The van der Waals surface area contributed by atoms with Gasteiger partial charge in [-0.1, -0.05) is 20.8 Å². The largest absolute Gasteiger partial charge is 0.387 e. The topological polar surface area (TPSA) is 40.7 Å². The highest BCUT2D eigenvalue weighted by Gasteiger charge is 2.23. The van der Waals surface area contributed by atoms with Crippen LogP contribution in [0.5, 0.6) is 0 Å². The third-order valence-corrected chi connectivity index (χ3v) is 4.22. The summed E-state index contributed by atoms with van der Waals surface area (Å²) in [6.45, 7) is 7.11. The number of H-pyrrole nitrogens is 1. The number of benzene rings is 2. The molecule has 1 aliphatic rings. The summed E-state index contributed by atoms with van der Waals surface area (Å²) < 4.78 is 13.7. The smallest absolute Gasteiger partial charge is 0.123 e. The summed E-state index contributed by atoms with van der Waals surface area (Å²) in [4.78, 5) is 8.30. The van der Waals surface area contributed by atoms with E-state index < -0.39 is 0 Å². The van der Waals surface area contributed by atoms with Crippen molar-refractivity contribution in [1.29, 1.82) is 0 Å². The number of imidazole rings is 1. The van der Waals surface area contributed by atoms with Gasteiger partial charge in [0, 0.05) is 22.9 Å². The van der Waals surface area contributed by atoms with Crippen molar-refractivity contribution < 1.29 is 4.39 Å². The number of rotatable bonds is 0. The van der Waals surface area contributed by atoms with E-state index >= 15 is 0 Å². The Morgan fingerprint density at radius 2 is 2.00 bits per heavy atom. The van der Waals surface area contributed by atoms with Crippen LogP contribution in [0, 0.1) is 5.82 Å². The molecule has 3 nitrogen and oxygen atoms in total. The quantitative estimate of drug-likeness (QED) is 0.651. The highest BCUT2D eigenvalue weighted by atomic mass is 19.1. The summed E-state index contributed by atoms with van der Waals surface area (Å²) in [6, 6.07) is 4.95. The number of nitrogens with zero attached hydrogens (tertiary/aromatic N) is 1. The molecule has 0 atom stereocenters. The minimum absolute atomic E-state index is 0.0606. The molecule has 2 N–H and O–H groups in total. The van der Waals surface area contributed by atoms with Gasteiger partial charge < -0.3 is 10.3 Å². The molecule has 0 unspecified atom stereocenters. The van der Waals surface area contributed by atoms with Crippen LogP contribution in [0.2, 0.25) is 0 Å². The predicted octanol–water partition coefficient (Wildman–Crippen LogP) is 4.23. The minimum Gasteiger partial charge on any atom is -0.387 e. The van der Waals surface area contributed by atoms with Gasteiger partial charge in [-0.3, -0.25) is 0 Å². The number of aromatic nitrogens is 2. The maximum absolute atomic E-state index is 13.7. The number of aromatic amines is 1. The van der Waals surface area contributed by atoms with Crippen molar-refractivity contribution in [2.45, 2.75) is 32.7 Å². The lowest BCUT2D eigenvalue weighted by molar-refractivity contribution is 0.554. The van der Waals surface area contributed by atoms with Gasteiger partial charge in [0.25, 0.3) is 0 Å². The van der Waals surface area contributed by atoms with Crippen LogP contribution < -0.4 is 5.32 Å². The van der Waals surface area contributed by atoms with Gasteiger partial charge in [-0.2, -0.15) is 0 Å². The first-order valence-corrected chi connectivity index (χ1v) is 7.49. The van der Waals surface area contributed by atoms with Gasteiger partial charge >= 0.3 is 0 Å². The van der Waals surface area contributed by atoms with Crippen LogP contribution in [0.15, 0.2) is 24.4 Å². The summed E-state index contributed by atoms with van der Waals surface area (Å²) in [7, 11) is 0. The zero-order chi connectivity index (χ0) is 15.5. The molecule has 0 fully saturated rings.